The van der Waals surface area contributed by atoms with Crippen LogP contribution in [-0.2, 0) is 11.2 Å². The minimum Gasteiger partial charge on any atom is -0.344 e. The fraction of sp³-hybridized carbons (Fsp3) is 0.385. The molecule has 1 amide bonds. The van der Waals surface area contributed by atoms with Gasteiger partial charge in [0.15, 0.2) is 5.96 Å². The van der Waals surface area contributed by atoms with Gasteiger partial charge in [0.2, 0.25) is 5.91 Å². The van der Waals surface area contributed by atoms with Crippen LogP contribution in [0.25, 0.3) is 0 Å². The molecule has 4 heteroatoms. The van der Waals surface area contributed by atoms with E-state index in [9.17, 15) is 4.79 Å². The zero-order valence-corrected chi connectivity index (χ0v) is 9.94. The summed E-state index contributed by atoms with van der Waals surface area (Å²) in [6.45, 7) is 2.79. The highest BCUT2D eigenvalue weighted by Gasteiger charge is 2.27. The first-order valence-corrected chi connectivity index (χ1v) is 5.95. The number of aliphatic imine (C=N–C) groups is 1. The van der Waals surface area contributed by atoms with Crippen LogP contribution in [0.2, 0.25) is 0 Å². The SMILES string of the molecule is CCCN=C1NC(=O)C(Cc2ccccc2)N1. The molecule has 0 spiro atoms. The molecule has 1 heterocycles. The Hall–Kier alpha value is -1.84. The zero-order valence-electron chi connectivity index (χ0n) is 9.94. The Labute approximate surface area is 101 Å². The van der Waals surface area contributed by atoms with Crippen LogP contribution in [0.4, 0.5) is 0 Å². The van der Waals surface area contributed by atoms with Crippen molar-refractivity contribution in [3.8, 4) is 0 Å². The monoisotopic (exact) mass is 231 g/mol. The first kappa shape index (κ1) is 11.6. The predicted octanol–water partition coefficient (Wildman–Crippen LogP) is 1.08. The molecule has 1 saturated heterocycles. The Morgan fingerprint density at radius 3 is 2.76 bits per heavy atom. The maximum atomic E-state index is 11.7. The van der Waals surface area contributed by atoms with Crippen molar-refractivity contribution < 1.29 is 4.79 Å². The molecule has 2 N–H and O–H groups in total. The molecule has 1 aromatic carbocycles. The molecular weight excluding hydrogens is 214 g/mol. The van der Waals surface area contributed by atoms with E-state index in [1.54, 1.807) is 0 Å². The van der Waals surface area contributed by atoms with Crippen LogP contribution >= 0.6 is 0 Å². The summed E-state index contributed by atoms with van der Waals surface area (Å²) in [6, 6.07) is 9.78. The second kappa shape index (κ2) is 5.48. The zero-order chi connectivity index (χ0) is 12.1. The minimum absolute atomic E-state index is 0.00343. The van der Waals surface area contributed by atoms with Gasteiger partial charge >= 0.3 is 0 Å². The van der Waals surface area contributed by atoms with Crippen molar-refractivity contribution in [2.75, 3.05) is 6.54 Å². The summed E-state index contributed by atoms with van der Waals surface area (Å²) in [4.78, 5) is 16.0. The Morgan fingerprint density at radius 1 is 1.29 bits per heavy atom. The van der Waals surface area contributed by atoms with E-state index < -0.39 is 0 Å². The van der Waals surface area contributed by atoms with Gasteiger partial charge in [-0.2, -0.15) is 0 Å². The molecule has 1 unspecified atom stereocenters. The van der Waals surface area contributed by atoms with Crippen molar-refractivity contribution in [2.24, 2.45) is 4.99 Å². The largest absolute Gasteiger partial charge is 0.344 e. The Balaban J connectivity index is 1.97. The summed E-state index contributed by atoms with van der Waals surface area (Å²) in [5.74, 6) is 0.612. The summed E-state index contributed by atoms with van der Waals surface area (Å²) >= 11 is 0. The molecule has 0 aromatic heterocycles. The number of rotatable bonds is 4. The Kier molecular flexibility index (Phi) is 3.75. The van der Waals surface area contributed by atoms with Gasteiger partial charge in [-0.25, -0.2) is 0 Å². The highest BCUT2D eigenvalue weighted by atomic mass is 16.2. The van der Waals surface area contributed by atoms with Crippen molar-refractivity contribution in [3.05, 3.63) is 35.9 Å². The number of nitrogens with one attached hydrogen (secondary N) is 2. The molecular formula is C13H17N3O. The van der Waals surface area contributed by atoms with Crippen LogP contribution in [0.15, 0.2) is 35.3 Å². The quantitative estimate of drug-likeness (QED) is 0.814. The van der Waals surface area contributed by atoms with E-state index in [0.29, 0.717) is 12.4 Å². The third-order valence-corrected chi connectivity index (χ3v) is 2.65. The van der Waals surface area contributed by atoms with Gasteiger partial charge in [-0.3, -0.25) is 15.1 Å². The highest BCUT2D eigenvalue weighted by molar-refractivity contribution is 6.06. The molecule has 90 valence electrons. The Bertz CT molecular complexity index is 414. The van der Waals surface area contributed by atoms with Crippen molar-refractivity contribution in [1.29, 1.82) is 0 Å². The minimum atomic E-state index is -0.201. The lowest BCUT2D eigenvalue weighted by Crippen LogP contribution is -2.31. The molecule has 1 atom stereocenters. The molecule has 0 aliphatic carbocycles. The van der Waals surface area contributed by atoms with Crippen molar-refractivity contribution in [1.82, 2.24) is 10.6 Å². The molecule has 4 nitrogen and oxygen atoms in total. The van der Waals surface area contributed by atoms with E-state index in [1.807, 2.05) is 30.3 Å². The number of hydrogen-bond acceptors (Lipinski definition) is 2. The topological polar surface area (TPSA) is 53.5 Å². The smallest absolute Gasteiger partial charge is 0.249 e. The third kappa shape index (κ3) is 3.06. The molecule has 17 heavy (non-hydrogen) atoms. The van der Waals surface area contributed by atoms with Gasteiger partial charge < -0.3 is 5.32 Å². The van der Waals surface area contributed by atoms with Crippen molar-refractivity contribution in [3.63, 3.8) is 0 Å². The molecule has 1 aromatic rings. The first-order valence-electron chi connectivity index (χ1n) is 5.95. The van der Waals surface area contributed by atoms with E-state index in [4.69, 9.17) is 0 Å². The highest BCUT2D eigenvalue weighted by Crippen LogP contribution is 2.05. The van der Waals surface area contributed by atoms with E-state index in [0.717, 1.165) is 18.5 Å². The third-order valence-electron chi connectivity index (χ3n) is 2.65. The van der Waals surface area contributed by atoms with Crippen LogP contribution in [0, 0.1) is 0 Å². The molecule has 1 aliphatic heterocycles. The predicted molar refractivity (Wildman–Crippen MR) is 67.8 cm³/mol. The second-order valence-electron chi connectivity index (χ2n) is 4.11. The summed E-state index contributed by atoms with van der Waals surface area (Å²) in [7, 11) is 0. The van der Waals surface area contributed by atoms with Crippen LogP contribution in [0.3, 0.4) is 0 Å². The van der Waals surface area contributed by atoms with E-state index in [2.05, 4.69) is 22.5 Å². The van der Waals surface area contributed by atoms with Gasteiger partial charge in [0.05, 0.1) is 0 Å². The fourth-order valence-corrected chi connectivity index (χ4v) is 1.77. The van der Waals surface area contributed by atoms with Gasteiger partial charge in [-0.05, 0) is 12.0 Å². The number of guanidine groups is 1. The van der Waals surface area contributed by atoms with Gasteiger partial charge in [-0.1, -0.05) is 37.3 Å². The lowest BCUT2D eigenvalue weighted by Gasteiger charge is -2.07. The van der Waals surface area contributed by atoms with E-state index >= 15 is 0 Å². The first-order chi connectivity index (χ1) is 8.29. The van der Waals surface area contributed by atoms with Crippen LogP contribution in [0.1, 0.15) is 18.9 Å². The van der Waals surface area contributed by atoms with Gasteiger partial charge in [0.1, 0.15) is 6.04 Å². The molecule has 0 saturated carbocycles. The van der Waals surface area contributed by atoms with Crippen LogP contribution in [-0.4, -0.2) is 24.5 Å². The standard InChI is InChI=1S/C13H17N3O/c1-2-8-14-13-15-11(12(17)16-13)9-10-6-4-3-5-7-10/h3-7,11H,2,8-9H2,1H3,(H2,14,15,16,17). The average molecular weight is 231 g/mol. The molecule has 1 aliphatic rings. The Morgan fingerprint density at radius 2 is 2.06 bits per heavy atom. The van der Waals surface area contributed by atoms with Crippen molar-refractivity contribution in [2.45, 2.75) is 25.8 Å². The molecule has 0 radical (unpaired) electrons. The van der Waals surface area contributed by atoms with E-state index in [1.165, 1.54) is 0 Å². The maximum Gasteiger partial charge on any atom is 0.249 e. The summed E-state index contributed by atoms with van der Waals surface area (Å²) in [6.07, 6.45) is 1.67. The molecule has 2 rings (SSSR count). The number of hydrogen-bond donors (Lipinski definition) is 2. The van der Waals surface area contributed by atoms with E-state index in [-0.39, 0.29) is 11.9 Å². The normalized spacial score (nSPS) is 21.4. The fourth-order valence-electron chi connectivity index (χ4n) is 1.77. The van der Waals surface area contributed by atoms with Gasteiger partial charge in [-0.15, -0.1) is 0 Å². The number of benzene rings is 1. The second-order valence-corrected chi connectivity index (χ2v) is 4.11. The van der Waals surface area contributed by atoms with Crippen LogP contribution in [0.5, 0.6) is 0 Å². The van der Waals surface area contributed by atoms with Crippen molar-refractivity contribution >= 4 is 11.9 Å². The van der Waals surface area contributed by atoms with Gasteiger partial charge in [0.25, 0.3) is 0 Å². The summed E-state index contributed by atoms with van der Waals surface area (Å²) in [5, 5.41) is 5.87. The lowest BCUT2D eigenvalue weighted by atomic mass is 10.1. The van der Waals surface area contributed by atoms with Crippen LogP contribution < -0.4 is 10.6 Å². The molecule has 1 fully saturated rings. The summed E-state index contributed by atoms with van der Waals surface area (Å²) < 4.78 is 0. The number of carbonyl (C=O) groups is 1. The number of amides is 1. The average Bonchev–Trinajstić information content (AvgIpc) is 2.69. The summed E-state index contributed by atoms with van der Waals surface area (Å²) in [5.41, 5.74) is 1.15. The van der Waals surface area contributed by atoms with Gasteiger partial charge in [0, 0.05) is 13.0 Å². The molecule has 0 bridgehead atoms. The lowest BCUT2D eigenvalue weighted by molar-refractivity contribution is -0.120. The number of carbonyl (C=O) groups excluding carboxylic acids is 1. The number of nitrogens with zero attached hydrogens (tertiary/aromatic N) is 1. The maximum absolute atomic E-state index is 11.7.